The van der Waals surface area contributed by atoms with Crippen LogP contribution in [0.3, 0.4) is 0 Å². The van der Waals surface area contributed by atoms with Gasteiger partial charge in [-0.1, -0.05) is 26.2 Å². The number of thiophene rings is 1. The molecule has 21 heavy (non-hydrogen) atoms. The molecule has 1 aromatic rings. The average Bonchev–Trinajstić information content (AvgIpc) is 2.90. The molecule has 0 saturated heterocycles. The number of nitrogens with one attached hydrogen (secondary N) is 1. The van der Waals surface area contributed by atoms with E-state index in [1.54, 1.807) is 0 Å². The van der Waals surface area contributed by atoms with Crippen molar-refractivity contribution in [3.8, 4) is 0 Å². The van der Waals surface area contributed by atoms with E-state index < -0.39 is 0 Å². The topological polar surface area (TPSA) is 21.3 Å². The van der Waals surface area contributed by atoms with Gasteiger partial charge in [-0.15, -0.1) is 11.3 Å². The van der Waals surface area contributed by atoms with E-state index in [0.717, 1.165) is 19.6 Å². The van der Waals surface area contributed by atoms with Gasteiger partial charge in [-0.05, 0) is 61.1 Å². The zero-order valence-corrected chi connectivity index (χ0v) is 15.7. The Bertz CT molecular complexity index is 409. The zero-order valence-electron chi connectivity index (χ0n) is 13.3. The average molecular weight is 374 g/mol. The number of hydrogen-bond acceptors (Lipinski definition) is 3. The fourth-order valence-electron chi connectivity index (χ4n) is 3.46. The van der Waals surface area contributed by atoms with E-state index in [1.165, 1.54) is 47.9 Å². The molecule has 0 radical (unpaired) electrons. The monoisotopic (exact) mass is 373 g/mol. The van der Waals surface area contributed by atoms with Gasteiger partial charge in [0.2, 0.25) is 0 Å². The van der Waals surface area contributed by atoms with Gasteiger partial charge < -0.3 is 10.1 Å². The summed E-state index contributed by atoms with van der Waals surface area (Å²) in [6.07, 6.45) is 8.63. The smallest absolute Gasteiger partial charge is 0.0838 e. The van der Waals surface area contributed by atoms with Crippen molar-refractivity contribution in [3.05, 3.63) is 20.8 Å². The van der Waals surface area contributed by atoms with Crippen molar-refractivity contribution in [3.63, 3.8) is 0 Å². The summed E-state index contributed by atoms with van der Waals surface area (Å²) in [7, 11) is 0. The molecule has 2 nitrogen and oxygen atoms in total. The fraction of sp³-hybridized carbons (Fsp3) is 0.765. The normalized spacial score (nSPS) is 19.6. The van der Waals surface area contributed by atoms with Crippen LogP contribution in [0.15, 0.2) is 15.9 Å². The lowest BCUT2D eigenvalue weighted by molar-refractivity contribution is -0.0895. The highest BCUT2D eigenvalue weighted by Gasteiger charge is 2.40. The minimum Gasteiger partial charge on any atom is -0.374 e. The summed E-state index contributed by atoms with van der Waals surface area (Å²) in [5.41, 5.74) is 0.0403. The molecular weight excluding hydrogens is 346 g/mol. The molecule has 0 aliphatic heterocycles. The molecule has 120 valence electrons. The predicted molar refractivity (Wildman–Crippen MR) is 95.2 cm³/mol. The van der Waals surface area contributed by atoms with Gasteiger partial charge in [0.1, 0.15) is 0 Å². The van der Waals surface area contributed by atoms with Crippen LogP contribution < -0.4 is 5.32 Å². The maximum absolute atomic E-state index is 6.34. The molecule has 1 atom stereocenters. The third-order valence-electron chi connectivity index (χ3n) is 4.43. The summed E-state index contributed by atoms with van der Waals surface area (Å²) in [5, 5.41) is 5.97. The van der Waals surface area contributed by atoms with Gasteiger partial charge in [0, 0.05) is 27.4 Å². The molecule has 0 spiro atoms. The van der Waals surface area contributed by atoms with Gasteiger partial charge in [0.25, 0.3) is 0 Å². The number of rotatable bonds is 8. The highest BCUT2D eigenvalue weighted by Crippen LogP contribution is 2.36. The van der Waals surface area contributed by atoms with Gasteiger partial charge in [-0.3, -0.25) is 0 Å². The third-order valence-corrected chi connectivity index (χ3v) is 6.15. The molecule has 1 N–H and O–H groups in total. The molecule has 2 rings (SSSR count). The third kappa shape index (κ3) is 4.78. The van der Waals surface area contributed by atoms with Gasteiger partial charge in [0.05, 0.1) is 5.60 Å². The van der Waals surface area contributed by atoms with Crippen LogP contribution in [-0.2, 0) is 11.2 Å². The Morgan fingerprint density at radius 1 is 1.33 bits per heavy atom. The van der Waals surface area contributed by atoms with E-state index in [1.807, 2.05) is 11.3 Å². The lowest BCUT2D eigenvalue weighted by Gasteiger charge is -2.44. The minimum absolute atomic E-state index is 0.0403. The van der Waals surface area contributed by atoms with Crippen LogP contribution >= 0.6 is 27.3 Å². The Morgan fingerprint density at radius 2 is 2.10 bits per heavy atom. The van der Waals surface area contributed by atoms with E-state index in [-0.39, 0.29) is 5.60 Å². The molecule has 1 fully saturated rings. The first-order chi connectivity index (χ1) is 10.2. The van der Waals surface area contributed by atoms with E-state index in [2.05, 4.69) is 46.5 Å². The Morgan fingerprint density at radius 3 is 2.67 bits per heavy atom. The molecule has 1 heterocycles. The Labute approximate surface area is 141 Å². The van der Waals surface area contributed by atoms with Gasteiger partial charge in [0.15, 0.2) is 0 Å². The summed E-state index contributed by atoms with van der Waals surface area (Å²) in [5.74, 6) is 0. The summed E-state index contributed by atoms with van der Waals surface area (Å²) < 4.78 is 7.54. The summed E-state index contributed by atoms with van der Waals surface area (Å²) >= 11 is 5.42. The lowest BCUT2D eigenvalue weighted by Crippen LogP contribution is -2.55. The molecule has 0 bridgehead atoms. The van der Waals surface area contributed by atoms with Crippen LogP contribution in [0.5, 0.6) is 0 Å². The maximum Gasteiger partial charge on any atom is 0.0838 e. The predicted octanol–water partition coefficient (Wildman–Crippen LogP) is 5.16. The van der Waals surface area contributed by atoms with Crippen LogP contribution in [0.25, 0.3) is 0 Å². The maximum atomic E-state index is 6.34. The first-order valence-corrected chi connectivity index (χ1v) is 9.97. The summed E-state index contributed by atoms with van der Waals surface area (Å²) in [4.78, 5) is 1.44. The SMILES string of the molecule is CCCNC(Cc1cc(Br)cs1)C1(OCC)CCCCC1. The molecular formula is C17H28BrNOS. The molecule has 0 amide bonds. The number of halogens is 1. The fourth-order valence-corrected chi connectivity index (χ4v) is 4.95. The molecule has 1 aliphatic carbocycles. The van der Waals surface area contributed by atoms with Crippen molar-refractivity contribution >= 4 is 27.3 Å². The molecule has 1 saturated carbocycles. The second-order valence-electron chi connectivity index (χ2n) is 6.00. The second-order valence-corrected chi connectivity index (χ2v) is 7.91. The first-order valence-electron chi connectivity index (χ1n) is 8.30. The quantitative estimate of drug-likeness (QED) is 0.679. The number of ether oxygens (including phenoxy) is 1. The van der Waals surface area contributed by atoms with Crippen LogP contribution in [0, 0.1) is 0 Å². The molecule has 1 aromatic heterocycles. The van der Waals surface area contributed by atoms with Crippen LogP contribution in [0.1, 0.15) is 57.2 Å². The van der Waals surface area contributed by atoms with Crippen molar-refractivity contribution < 1.29 is 4.74 Å². The molecule has 4 heteroatoms. The van der Waals surface area contributed by atoms with Crippen molar-refractivity contribution in [1.82, 2.24) is 5.32 Å². The first kappa shape index (κ1) is 17.5. The van der Waals surface area contributed by atoms with E-state index in [9.17, 15) is 0 Å². The highest BCUT2D eigenvalue weighted by molar-refractivity contribution is 9.10. The van der Waals surface area contributed by atoms with Gasteiger partial charge in [-0.2, -0.15) is 0 Å². The van der Waals surface area contributed by atoms with E-state index >= 15 is 0 Å². The van der Waals surface area contributed by atoms with Crippen LogP contribution in [0.4, 0.5) is 0 Å². The van der Waals surface area contributed by atoms with Gasteiger partial charge >= 0.3 is 0 Å². The Kier molecular flexibility index (Phi) is 7.20. The lowest BCUT2D eigenvalue weighted by atomic mass is 9.77. The van der Waals surface area contributed by atoms with Crippen molar-refractivity contribution in [2.45, 2.75) is 70.4 Å². The van der Waals surface area contributed by atoms with Gasteiger partial charge in [-0.25, -0.2) is 0 Å². The Hall–Kier alpha value is 0.1000. The highest BCUT2D eigenvalue weighted by atomic mass is 79.9. The van der Waals surface area contributed by atoms with E-state index in [4.69, 9.17) is 4.74 Å². The summed E-state index contributed by atoms with van der Waals surface area (Å²) in [6.45, 7) is 6.26. The largest absolute Gasteiger partial charge is 0.374 e. The number of hydrogen-bond donors (Lipinski definition) is 1. The zero-order chi connectivity index (χ0) is 15.1. The molecule has 0 aromatic carbocycles. The van der Waals surface area contributed by atoms with E-state index in [0.29, 0.717) is 6.04 Å². The van der Waals surface area contributed by atoms with Crippen molar-refractivity contribution in [2.24, 2.45) is 0 Å². The minimum atomic E-state index is 0.0403. The molecule has 1 aliphatic rings. The van der Waals surface area contributed by atoms with Crippen molar-refractivity contribution in [2.75, 3.05) is 13.2 Å². The van der Waals surface area contributed by atoms with Crippen LogP contribution in [-0.4, -0.2) is 24.8 Å². The second kappa shape index (κ2) is 8.66. The Balaban J connectivity index is 2.14. The standard InChI is InChI=1S/C17H28BrNOS/c1-3-10-19-16(12-15-11-14(18)13-21-15)17(20-4-2)8-6-5-7-9-17/h11,13,16,19H,3-10,12H2,1-2H3. The van der Waals surface area contributed by atoms with Crippen molar-refractivity contribution in [1.29, 1.82) is 0 Å². The summed E-state index contributed by atoms with van der Waals surface area (Å²) in [6, 6.07) is 2.69. The molecule has 1 unspecified atom stereocenters. The van der Waals surface area contributed by atoms with Crippen LogP contribution in [0.2, 0.25) is 0 Å².